The second-order valence-electron chi connectivity index (χ2n) is 7.66. The van der Waals surface area contributed by atoms with Crippen molar-refractivity contribution in [2.45, 2.75) is 50.5 Å². The Morgan fingerprint density at radius 2 is 1.85 bits per heavy atom. The zero-order valence-electron chi connectivity index (χ0n) is 15.3. The van der Waals surface area contributed by atoms with Crippen LogP contribution in [0.4, 0.5) is 6.01 Å². The molecule has 27 heavy (non-hydrogen) atoms. The van der Waals surface area contributed by atoms with Gasteiger partial charge in [0.2, 0.25) is 5.91 Å². The van der Waals surface area contributed by atoms with Crippen LogP contribution < -0.4 is 10.2 Å². The van der Waals surface area contributed by atoms with Crippen molar-refractivity contribution in [1.82, 2.24) is 10.3 Å². The van der Waals surface area contributed by atoms with Crippen molar-refractivity contribution in [3.8, 4) is 0 Å². The van der Waals surface area contributed by atoms with Crippen molar-refractivity contribution in [2.75, 3.05) is 18.0 Å². The zero-order chi connectivity index (χ0) is 18.9. The van der Waals surface area contributed by atoms with Gasteiger partial charge in [0.05, 0.1) is 0 Å². The third kappa shape index (κ3) is 3.50. The number of hydrogen-bond acceptors (Lipinski definition) is 5. The van der Waals surface area contributed by atoms with Gasteiger partial charge in [-0.1, -0.05) is 31.4 Å². The van der Waals surface area contributed by atoms with Crippen LogP contribution in [0, 0.1) is 5.92 Å². The number of nitrogens with one attached hydrogen (secondary N) is 1. The Hall–Kier alpha value is -2.57. The fourth-order valence-electron chi connectivity index (χ4n) is 4.21. The molecule has 4 rings (SSSR count). The summed E-state index contributed by atoms with van der Waals surface area (Å²) in [5.74, 6) is -1.19. The SMILES string of the molecule is O=C(NC1(C(=O)O)CCCCC1)C1CCN(c2nc3ccccc3o2)CC1. The summed E-state index contributed by atoms with van der Waals surface area (Å²) in [6.07, 6.45) is 5.12. The second-order valence-corrected chi connectivity index (χ2v) is 7.66. The number of piperidine rings is 1. The molecule has 0 spiro atoms. The number of carbonyl (C=O) groups excluding carboxylic acids is 1. The summed E-state index contributed by atoms with van der Waals surface area (Å²) in [7, 11) is 0. The monoisotopic (exact) mass is 371 g/mol. The van der Waals surface area contributed by atoms with E-state index in [0.29, 0.717) is 44.8 Å². The molecule has 0 bridgehead atoms. The highest BCUT2D eigenvalue weighted by molar-refractivity contribution is 5.88. The first-order valence-electron chi connectivity index (χ1n) is 9.73. The van der Waals surface area contributed by atoms with Crippen LogP contribution in [0.3, 0.4) is 0 Å². The number of fused-ring (bicyclic) bond motifs is 1. The van der Waals surface area contributed by atoms with Gasteiger partial charge in [0, 0.05) is 19.0 Å². The number of carboxylic acids is 1. The van der Waals surface area contributed by atoms with E-state index in [2.05, 4.69) is 15.2 Å². The first kappa shape index (κ1) is 17.8. The highest BCUT2D eigenvalue weighted by atomic mass is 16.4. The van der Waals surface area contributed by atoms with Crippen molar-refractivity contribution in [3.63, 3.8) is 0 Å². The standard InChI is InChI=1S/C20H25N3O4/c24-17(22-20(18(25)26)10-4-1-5-11-20)14-8-12-23(13-9-14)19-21-15-6-2-3-7-16(15)27-19/h2-3,6-7,14H,1,4-5,8-13H2,(H,22,24)(H,25,26). The number of aromatic nitrogens is 1. The number of para-hydroxylation sites is 2. The number of anilines is 1. The van der Waals surface area contributed by atoms with Gasteiger partial charge in [-0.15, -0.1) is 0 Å². The fraction of sp³-hybridized carbons (Fsp3) is 0.550. The van der Waals surface area contributed by atoms with E-state index in [1.165, 1.54) is 0 Å². The highest BCUT2D eigenvalue weighted by Crippen LogP contribution is 2.31. The first-order valence-corrected chi connectivity index (χ1v) is 9.73. The maximum absolute atomic E-state index is 12.7. The molecule has 2 aromatic rings. The molecule has 2 heterocycles. The van der Waals surface area contributed by atoms with Gasteiger partial charge < -0.3 is 19.7 Å². The molecular formula is C20H25N3O4. The molecular weight excluding hydrogens is 346 g/mol. The lowest BCUT2D eigenvalue weighted by Gasteiger charge is -2.37. The van der Waals surface area contributed by atoms with E-state index < -0.39 is 11.5 Å². The number of hydrogen-bond donors (Lipinski definition) is 2. The Morgan fingerprint density at radius 3 is 2.52 bits per heavy atom. The van der Waals surface area contributed by atoms with Gasteiger partial charge in [-0.05, 0) is 37.8 Å². The van der Waals surface area contributed by atoms with E-state index in [9.17, 15) is 14.7 Å². The predicted octanol–water partition coefficient (Wildman–Crippen LogP) is 2.95. The number of nitrogens with zero attached hydrogens (tertiary/aromatic N) is 2. The van der Waals surface area contributed by atoms with E-state index in [-0.39, 0.29) is 11.8 Å². The van der Waals surface area contributed by atoms with Crippen molar-refractivity contribution in [3.05, 3.63) is 24.3 Å². The summed E-state index contributed by atoms with van der Waals surface area (Å²) in [4.78, 5) is 31.1. The minimum atomic E-state index is -1.08. The number of benzene rings is 1. The van der Waals surface area contributed by atoms with Crippen LogP contribution in [-0.2, 0) is 9.59 Å². The van der Waals surface area contributed by atoms with Crippen LogP contribution in [-0.4, -0.2) is 40.6 Å². The summed E-state index contributed by atoms with van der Waals surface area (Å²) >= 11 is 0. The van der Waals surface area contributed by atoms with Crippen molar-refractivity contribution in [1.29, 1.82) is 0 Å². The van der Waals surface area contributed by atoms with E-state index >= 15 is 0 Å². The Morgan fingerprint density at radius 1 is 1.15 bits per heavy atom. The van der Waals surface area contributed by atoms with Crippen molar-refractivity contribution >= 4 is 29.0 Å². The van der Waals surface area contributed by atoms with Crippen LogP contribution in [0.2, 0.25) is 0 Å². The lowest BCUT2D eigenvalue weighted by Crippen LogP contribution is -2.57. The van der Waals surface area contributed by atoms with E-state index in [0.717, 1.165) is 30.4 Å². The van der Waals surface area contributed by atoms with Crippen LogP contribution in [0.15, 0.2) is 28.7 Å². The molecule has 1 saturated heterocycles. The molecule has 1 saturated carbocycles. The molecule has 1 amide bonds. The molecule has 1 aliphatic carbocycles. The number of rotatable bonds is 4. The number of amides is 1. The average molecular weight is 371 g/mol. The first-order chi connectivity index (χ1) is 13.1. The maximum Gasteiger partial charge on any atom is 0.329 e. The molecule has 2 N–H and O–H groups in total. The Balaban J connectivity index is 1.38. The van der Waals surface area contributed by atoms with Gasteiger partial charge in [-0.25, -0.2) is 4.79 Å². The molecule has 0 atom stereocenters. The van der Waals surface area contributed by atoms with E-state index in [4.69, 9.17) is 4.42 Å². The molecule has 7 heteroatoms. The summed E-state index contributed by atoms with van der Waals surface area (Å²) in [5.41, 5.74) is 0.508. The normalized spacial score (nSPS) is 20.5. The fourth-order valence-corrected chi connectivity index (χ4v) is 4.21. The molecule has 1 aromatic carbocycles. The Kier molecular flexibility index (Phi) is 4.76. The largest absolute Gasteiger partial charge is 0.480 e. The Labute approximate surface area is 157 Å². The lowest BCUT2D eigenvalue weighted by atomic mass is 9.81. The van der Waals surface area contributed by atoms with Crippen LogP contribution >= 0.6 is 0 Å². The molecule has 7 nitrogen and oxygen atoms in total. The van der Waals surface area contributed by atoms with Crippen molar-refractivity contribution in [2.24, 2.45) is 5.92 Å². The quantitative estimate of drug-likeness (QED) is 0.858. The van der Waals surface area contributed by atoms with Gasteiger partial charge in [-0.2, -0.15) is 4.98 Å². The van der Waals surface area contributed by atoms with Gasteiger partial charge in [0.25, 0.3) is 6.01 Å². The molecule has 2 fully saturated rings. The number of aliphatic carboxylic acids is 1. The summed E-state index contributed by atoms with van der Waals surface area (Å²) in [6, 6.07) is 8.23. The van der Waals surface area contributed by atoms with Crippen LogP contribution in [0.1, 0.15) is 44.9 Å². The van der Waals surface area contributed by atoms with Crippen LogP contribution in [0.5, 0.6) is 0 Å². The lowest BCUT2D eigenvalue weighted by molar-refractivity contribution is -0.150. The third-order valence-corrected chi connectivity index (χ3v) is 5.90. The predicted molar refractivity (Wildman–Crippen MR) is 101 cm³/mol. The second kappa shape index (κ2) is 7.21. The zero-order valence-corrected chi connectivity index (χ0v) is 15.3. The van der Waals surface area contributed by atoms with Crippen LogP contribution in [0.25, 0.3) is 11.1 Å². The molecule has 1 aromatic heterocycles. The van der Waals surface area contributed by atoms with Gasteiger partial charge in [0.15, 0.2) is 5.58 Å². The van der Waals surface area contributed by atoms with Gasteiger partial charge >= 0.3 is 5.97 Å². The topological polar surface area (TPSA) is 95.7 Å². The molecule has 1 aliphatic heterocycles. The molecule has 2 aliphatic rings. The molecule has 0 radical (unpaired) electrons. The van der Waals surface area contributed by atoms with Gasteiger partial charge in [-0.3, -0.25) is 4.79 Å². The number of carboxylic acid groups (broad SMARTS) is 1. The van der Waals surface area contributed by atoms with Crippen molar-refractivity contribution < 1.29 is 19.1 Å². The Bertz CT molecular complexity index is 800. The van der Waals surface area contributed by atoms with E-state index in [1.807, 2.05) is 24.3 Å². The summed E-state index contributed by atoms with van der Waals surface area (Å²) in [6.45, 7) is 1.34. The van der Waals surface area contributed by atoms with E-state index in [1.54, 1.807) is 0 Å². The van der Waals surface area contributed by atoms with Gasteiger partial charge in [0.1, 0.15) is 11.1 Å². The minimum Gasteiger partial charge on any atom is -0.480 e. The maximum atomic E-state index is 12.7. The highest BCUT2D eigenvalue weighted by Gasteiger charge is 2.42. The average Bonchev–Trinajstić information content (AvgIpc) is 3.13. The third-order valence-electron chi connectivity index (χ3n) is 5.90. The number of carbonyl (C=O) groups is 2. The number of oxazole rings is 1. The minimum absolute atomic E-state index is 0.128. The summed E-state index contributed by atoms with van der Waals surface area (Å²) in [5, 5.41) is 12.5. The molecule has 0 unspecified atom stereocenters. The molecule has 144 valence electrons. The summed E-state index contributed by atoms with van der Waals surface area (Å²) < 4.78 is 5.81. The smallest absolute Gasteiger partial charge is 0.329 e.